The summed E-state index contributed by atoms with van der Waals surface area (Å²) in [6.45, 7) is 7.00. The van der Waals surface area contributed by atoms with Gasteiger partial charge in [0.25, 0.3) is 0 Å². The Morgan fingerprint density at radius 2 is 1.36 bits per heavy atom. The van der Waals surface area contributed by atoms with E-state index in [1.54, 1.807) is 14.2 Å². The van der Waals surface area contributed by atoms with Gasteiger partial charge >= 0.3 is 0 Å². The number of halogens is 1. The first-order valence-electron chi connectivity index (χ1n) is 9.98. The fraction of sp³-hybridized carbons (Fsp3) is 0.478. The lowest BCUT2D eigenvalue weighted by atomic mass is 10.1. The van der Waals surface area contributed by atoms with Gasteiger partial charge in [-0.3, -0.25) is 0 Å². The summed E-state index contributed by atoms with van der Waals surface area (Å²) >= 11 is 0. The normalized spacial score (nSPS) is 15.1. The highest BCUT2D eigenvalue weighted by Crippen LogP contribution is 2.27. The Morgan fingerprint density at radius 1 is 0.714 bits per heavy atom. The summed E-state index contributed by atoms with van der Waals surface area (Å²) in [7, 11) is 3.37. The molecule has 4 nitrogen and oxygen atoms in total. The summed E-state index contributed by atoms with van der Waals surface area (Å²) in [5.41, 5.74) is 2.75. The zero-order chi connectivity index (χ0) is 18.9. The maximum Gasteiger partial charge on any atom is 0.160 e. The van der Waals surface area contributed by atoms with Gasteiger partial charge in [0.15, 0.2) is 11.5 Å². The Kier molecular flexibility index (Phi) is 9.62. The summed E-state index contributed by atoms with van der Waals surface area (Å²) in [6.07, 6.45) is 3.48. The average Bonchev–Trinajstić information content (AvgIpc) is 2.73. The van der Waals surface area contributed by atoms with Gasteiger partial charge in [-0.25, -0.2) is 0 Å². The molecule has 0 atom stereocenters. The summed E-state index contributed by atoms with van der Waals surface area (Å²) in [4.78, 5) is 5.18. The molecule has 1 saturated heterocycles. The summed E-state index contributed by atoms with van der Waals surface area (Å²) in [5.74, 6) is 1.61. The van der Waals surface area contributed by atoms with Crippen molar-refractivity contribution in [3.05, 3.63) is 59.7 Å². The van der Waals surface area contributed by atoms with Gasteiger partial charge in [0.2, 0.25) is 0 Å². The van der Waals surface area contributed by atoms with Crippen molar-refractivity contribution in [1.29, 1.82) is 0 Å². The van der Waals surface area contributed by atoms with Gasteiger partial charge < -0.3 is 19.3 Å². The van der Waals surface area contributed by atoms with Crippen molar-refractivity contribution in [3.8, 4) is 11.5 Å². The largest absolute Gasteiger partial charge is 0.493 e. The number of methoxy groups -OCH3 is 2. The molecule has 28 heavy (non-hydrogen) atoms. The van der Waals surface area contributed by atoms with E-state index >= 15 is 0 Å². The number of hydrogen-bond donors (Lipinski definition) is 0. The number of ether oxygens (including phenoxy) is 2. The molecule has 1 heterocycles. The highest BCUT2D eigenvalue weighted by molar-refractivity contribution is 5.85. The van der Waals surface area contributed by atoms with E-state index in [-0.39, 0.29) is 12.4 Å². The summed E-state index contributed by atoms with van der Waals surface area (Å²) in [5, 5.41) is 0. The highest BCUT2D eigenvalue weighted by Gasteiger charge is 2.16. The van der Waals surface area contributed by atoms with Gasteiger partial charge in [-0.15, -0.1) is 12.4 Å². The number of benzene rings is 2. The maximum absolute atomic E-state index is 5.41. The fourth-order valence-corrected chi connectivity index (χ4v) is 3.71. The first-order valence-corrected chi connectivity index (χ1v) is 9.98. The molecule has 1 aliphatic rings. The molecule has 2 aromatic rings. The van der Waals surface area contributed by atoms with Crippen LogP contribution in [0.25, 0.3) is 0 Å². The Balaban J connectivity index is 0.00000280. The molecule has 1 fully saturated rings. The van der Waals surface area contributed by atoms with Crippen LogP contribution >= 0.6 is 12.4 Å². The van der Waals surface area contributed by atoms with Gasteiger partial charge in [-0.1, -0.05) is 36.4 Å². The molecule has 0 aromatic heterocycles. The number of rotatable bonds is 9. The van der Waals surface area contributed by atoms with Crippen LogP contribution in [0, 0.1) is 0 Å². The maximum atomic E-state index is 5.41. The van der Waals surface area contributed by atoms with Crippen molar-refractivity contribution in [2.24, 2.45) is 0 Å². The third-order valence-electron chi connectivity index (χ3n) is 5.41. The fourth-order valence-electron chi connectivity index (χ4n) is 3.71. The molecular formula is C23H33ClN2O2. The van der Waals surface area contributed by atoms with Crippen molar-refractivity contribution >= 4 is 12.4 Å². The first-order chi connectivity index (χ1) is 13.3. The van der Waals surface area contributed by atoms with Crippen LogP contribution in [-0.4, -0.2) is 63.3 Å². The van der Waals surface area contributed by atoms with Crippen molar-refractivity contribution < 1.29 is 9.47 Å². The van der Waals surface area contributed by atoms with E-state index in [1.165, 1.54) is 56.7 Å². The number of piperazine rings is 1. The molecule has 0 bridgehead atoms. The number of aryl methyl sites for hydroxylation is 1. The predicted molar refractivity (Wildman–Crippen MR) is 118 cm³/mol. The Labute approximate surface area is 175 Å². The molecule has 0 spiro atoms. The van der Waals surface area contributed by atoms with Gasteiger partial charge in [0.1, 0.15) is 0 Å². The van der Waals surface area contributed by atoms with Crippen molar-refractivity contribution in [2.75, 3.05) is 53.5 Å². The van der Waals surface area contributed by atoms with Gasteiger partial charge in [0.05, 0.1) is 14.2 Å². The molecule has 0 unspecified atom stereocenters. The van der Waals surface area contributed by atoms with Crippen LogP contribution in [0.4, 0.5) is 0 Å². The van der Waals surface area contributed by atoms with Crippen molar-refractivity contribution in [3.63, 3.8) is 0 Å². The Morgan fingerprint density at radius 3 is 2.00 bits per heavy atom. The second-order valence-electron chi connectivity index (χ2n) is 7.21. The molecule has 154 valence electrons. The molecule has 0 amide bonds. The highest BCUT2D eigenvalue weighted by atomic mass is 35.5. The van der Waals surface area contributed by atoms with Crippen LogP contribution < -0.4 is 9.47 Å². The van der Waals surface area contributed by atoms with E-state index in [0.29, 0.717) is 0 Å². The minimum Gasteiger partial charge on any atom is -0.493 e. The average molecular weight is 405 g/mol. The zero-order valence-corrected chi connectivity index (χ0v) is 17.9. The lowest BCUT2D eigenvalue weighted by molar-refractivity contribution is 0.132. The van der Waals surface area contributed by atoms with Crippen molar-refractivity contribution in [2.45, 2.75) is 19.3 Å². The lowest BCUT2D eigenvalue weighted by Crippen LogP contribution is -2.47. The molecule has 5 heteroatoms. The molecule has 3 rings (SSSR count). The first kappa shape index (κ1) is 22.5. The predicted octanol–water partition coefficient (Wildman–Crippen LogP) is 3.92. The quantitative estimate of drug-likeness (QED) is 0.632. The third kappa shape index (κ3) is 6.69. The number of nitrogens with zero attached hydrogens (tertiary/aromatic N) is 2. The van der Waals surface area contributed by atoms with Crippen LogP contribution in [0.1, 0.15) is 17.5 Å². The molecular weight excluding hydrogens is 372 g/mol. The van der Waals surface area contributed by atoms with Crippen LogP contribution in [0.5, 0.6) is 11.5 Å². The smallest absolute Gasteiger partial charge is 0.160 e. The standard InChI is InChI=1S/C23H32N2O2.ClH/c1-26-22-11-10-21(19-23(22)27-2)12-14-25-17-15-24(16-18-25)13-6-9-20-7-4-3-5-8-20;/h3-5,7-8,10-11,19H,6,9,12-18H2,1-2H3;1H. The topological polar surface area (TPSA) is 24.9 Å². The zero-order valence-electron chi connectivity index (χ0n) is 17.1. The molecule has 0 saturated carbocycles. The van der Waals surface area contributed by atoms with E-state index in [4.69, 9.17) is 9.47 Å². The molecule has 0 N–H and O–H groups in total. The Hall–Kier alpha value is -1.75. The van der Waals surface area contributed by atoms with Crippen LogP contribution in [-0.2, 0) is 12.8 Å². The van der Waals surface area contributed by atoms with E-state index in [2.05, 4.69) is 52.3 Å². The molecule has 1 aliphatic heterocycles. The molecule has 2 aromatic carbocycles. The minimum absolute atomic E-state index is 0. The summed E-state index contributed by atoms with van der Waals surface area (Å²) in [6, 6.07) is 17.0. The summed E-state index contributed by atoms with van der Waals surface area (Å²) < 4.78 is 10.7. The van der Waals surface area contributed by atoms with E-state index in [1.807, 2.05) is 6.07 Å². The lowest BCUT2D eigenvalue weighted by Gasteiger charge is -2.34. The van der Waals surface area contributed by atoms with Crippen LogP contribution in [0.3, 0.4) is 0 Å². The van der Waals surface area contributed by atoms with E-state index < -0.39 is 0 Å². The minimum atomic E-state index is 0. The second-order valence-corrected chi connectivity index (χ2v) is 7.21. The van der Waals surface area contributed by atoms with Gasteiger partial charge in [-0.2, -0.15) is 0 Å². The number of hydrogen-bond acceptors (Lipinski definition) is 4. The Bertz CT molecular complexity index is 688. The van der Waals surface area contributed by atoms with Gasteiger partial charge in [-0.05, 0) is 49.1 Å². The monoisotopic (exact) mass is 404 g/mol. The van der Waals surface area contributed by atoms with Crippen LogP contribution in [0.15, 0.2) is 48.5 Å². The SMILES string of the molecule is COc1ccc(CCN2CCN(CCCc3ccccc3)CC2)cc1OC.Cl. The van der Waals surface area contributed by atoms with Crippen LogP contribution in [0.2, 0.25) is 0 Å². The van der Waals surface area contributed by atoms with E-state index in [9.17, 15) is 0 Å². The van der Waals surface area contributed by atoms with Crippen molar-refractivity contribution in [1.82, 2.24) is 9.80 Å². The molecule has 0 radical (unpaired) electrons. The van der Waals surface area contributed by atoms with Gasteiger partial charge in [0, 0.05) is 32.7 Å². The van der Waals surface area contributed by atoms with E-state index in [0.717, 1.165) is 24.5 Å². The third-order valence-corrected chi connectivity index (χ3v) is 5.41. The molecule has 0 aliphatic carbocycles. The second kappa shape index (κ2) is 11.9.